The summed E-state index contributed by atoms with van der Waals surface area (Å²) in [4.78, 5) is 12.6. The van der Waals surface area contributed by atoms with Gasteiger partial charge in [0.05, 0.1) is 22.7 Å². The molecule has 0 saturated heterocycles. The molecular formula is C18H18N2O2. The minimum Gasteiger partial charge on any atom is -0.505 e. The molecule has 0 spiro atoms. The van der Waals surface area contributed by atoms with E-state index in [4.69, 9.17) is 5.26 Å². The normalized spacial score (nSPS) is 10.8. The molecule has 2 aromatic carbocycles. The molecule has 0 saturated carbocycles. The third-order valence-electron chi connectivity index (χ3n) is 3.77. The number of aromatic hydroxyl groups is 1. The van der Waals surface area contributed by atoms with Gasteiger partial charge in [0.1, 0.15) is 5.75 Å². The van der Waals surface area contributed by atoms with Gasteiger partial charge in [0.15, 0.2) is 0 Å². The van der Waals surface area contributed by atoms with E-state index in [1.165, 1.54) is 0 Å². The van der Waals surface area contributed by atoms with Gasteiger partial charge in [-0.25, -0.2) is 0 Å². The first-order chi connectivity index (χ1) is 10.4. The summed E-state index contributed by atoms with van der Waals surface area (Å²) in [5.41, 5.74) is 1.51. The second-order valence-electron chi connectivity index (χ2n) is 5.74. The molecule has 0 aliphatic heterocycles. The summed E-state index contributed by atoms with van der Waals surface area (Å²) in [7, 11) is 0. The fraction of sp³-hybridized carbons (Fsp3) is 0.222. The molecule has 4 heteroatoms. The second-order valence-corrected chi connectivity index (χ2v) is 5.74. The molecule has 0 aliphatic carbocycles. The summed E-state index contributed by atoms with van der Waals surface area (Å²) in [6.07, 6.45) is 0. The Morgan fingerprint density at radius 1 is 1.23 bits per heavy atom. The summed E-state index contributed by atoms with van der Waals surface area (Å²) in [5.74, 6) is -0.180. The first-order valence-electron chi connectivity index (χ1n) is 6.97. The highest BCUT2D eigenvalue weighted by Crippen LogP contribution is 2.30. The molecule has 2 N–H and O–H groups in total. The van der Waals surface area contributed by atoms with Crippen LogP contribution in [0.5, 0.6) is 5.75 Å². The molecule has 0 bridgehead atoms. The Balaban J connectivity index is 2.31. The lowest BCUT2D eigenvalue weighted by molar-refractivity contribution is -0.120. The van der Waals surface area contributed by atoms with Gasteiger partial charge < -0.3 is 10.4 Å². The lowest BCUT2D eigenvalue weighted by Crippen LogP contribution is -2.34. The summed E-state index contributed by atoms with van der Waals surface area (Å²) in [6.45, 7) is 5.34. The Morgan fingerprint density at radius 3 is 2.59 bits per heavy atom. The molecule has 22 heavy (non-hydrogen) atoms. The highest BCUT2D eigenvalue weighted by molar-refractivity contribution is 5.99. The van der Waals surface area contributed by atoms with E-state index in [0.717, 1.165) is 5.56 Å². The van der Waals surface area contributed by atoms with Crippen LogP contribution < -0.4 is 5.32 Å². The van der Waals surface area contributed by atoms with Crippen LogP contribution in [0.1, 0.15) is 30.5 Å². The molecule has 0 radical (unpaired) electrons. The molecule has 2 rings (SSSR count). The molecule has 0 unspecified atom stereocenters. The zero-order valence-electron chi connectivity index (χ0n) is 12.8. The summed E-state index contributed by atoms with van der Waals surface area (Å²) in [6, 6.07) is 14.2. The largest absolute Gasteiger partial charge is 0.505 e. The Hall–Kier alpha value is -2.80. The molecule has 0 aromatic heterocycles. The van der Waals surface area contributed by atoms with Gasteiger partial charge >= 0.3 is 0 Å². The van der Waals surface area contributed by atoms with Crippen molar-refractivity contribution in [1.29, 1.82) is 5.26 Å². The number of phenols is 1. The van der Waals surface area contributed by atoms with Crippen molar-refractivity contribution in [3.63, 3.8) is 0 Å². The number of amides is 1. The number of benzene rings is 2. The van der Waals surface area contributed by atoms with Crippen LogP contribution in [0, 0.1) is 18.3 Å². The van der Waals surface area contributed by atoms with Crippen molar-refractivity contribution < 1.29 is 9.90 Å². The predicted molar refractivity (Wildman–Crippen MR) is 85.7 cm³/mol. The molecular weight excluding hydrogens is 276 g/mol. The van der Waals surface area contributed by atoms with Crippen molar-refractivity contribution in [3.8, 4) is 11.8 Å². The highest BCUT2D eigenvalue weighted by Gasteiger charge is 2.30. The number of aryl methyl sites for hydroxylation is 1. The molecule has 0 heterocycles. The van der Waals surface area contributed by atoms with E-state index in [2.05, 4.69) is 11.4 Å². The number of nitrogens with zero attached hydrogens (tertiary/aromatic N) is 1. The van der Waals surface area contributed by atoms with E-state index in [9.17, 15) is 9.90 Å². The Bertz CT molecular complexity index is 758. The van der Waals surface area contributed by atoms with Crippen LogP contribution in [-0.4, -0.2) is 11.0 Å². The standard InChI is InChI=1S/C18H18N2O2/c1-12-6-4-9-15(16(12)21)20-17(22)18(2,3)14-8-5-7-13(10-14)11-19/h4-10,21H,1-3H3,(H,20,22). The van der Waals surface area contributed by atoms with Crippen molar-refractivity contribution in [1.82, 2.24) is 0 Å². The van der Waals surface area contributed by atoms with E-state index in [1.807, 2.05) is 6.07 Å². The van der Waals surface area contributed by atoms with Crippen LogP contribution in [0.2, 0.25) is 0 Å². The van der Waals surface area contributed by atoms with Crippen molar-refractivity contribution in [2.75, 3.05) is 5.32 Å². The van der Waals surface area contributed by atoms with E-state index in [-0.39, 0.29) is 11.7 Å². The van der Waals surface area contributed by atoms with Crippen LogP contribution in [-0.2, 0) is 10.2 Å². The Morgan fingerprint density at radius 2 is 1.91 bits per heavy atom. The van der Waals surface area contributed by atoms with Crippen molar-refractivity contribution >= 4 is 11.6 Å². The number of anilines is 1. The average Bonchev–Trinajstić information content (AvgIpc) is 2.51. The van der Waals surface area contributed by atoms with Crippen molar-refractivity contribution in [2.45, 2.75) is 26.2 Å². The van der Waals surface area contributed by atoms with Crippen molar-refractivity contribution in [2.24, 2.45) is 0 Å². The number of carbonyl (C=O) groups is 1. The molecule has 0 aliphatic rings. The number of carbonyl (C=O) groups excluding carboxylic acids is 1. The summed E-state index contributed by atoms with van der Waals surface area (Å²) in [5, 5.41) is 21.7. The molecule has 2 aromatic rings. The first-order valence-corrected chi connectivity index (χ1v) is 6.97. The van der Waals surface area contributed by atoms with Gasteiger partial charge in [-0.05, 0) is 50.1 Å². The third-order valence-corrected chi connectivity index (χ3v) is 3.77. The molecule has 1 amide bonds. The zero-order chi connectivity index (χ0) is 16.3. The number of nitrogens with one attached hydrogen (secondary N) is 1. The van der Waals surface area contributed by atoms with Gasteiger partial charge in [0.2, 0.25) is 5.91 Å². The topological polar surface area (TPSA) is 73.1 Å². The van der Waals surface area contributed by atoms with Crippen molar-refractivity contribution in [3.05, 3.63) is 59.2 Å². The number of nitriles is 1. The van der Waals surface area contributed by atoms with E-state index < -0.39 is 5.41 Å². The van der Waals surface area contributed by atoms with Crippen LogP contribution in [0.3, 0.4) is 0 Å². The average molecular weight is 294 g/mol. The predicted octanol–water partition coefficient (Wildman–Crippen LogP) is 3.49. The number of rotatable bonds is 3. The first kappa shape index (κ1) is 15.6. The van der Waals surface area contributed by atoms with Gasteiger partial charge in [-0.3, -0.25) is 4.79 Å². The second kappa shape index (κ2) is 5.90. The Kier molecular flexibility index (Phi) is 4.18. The summed E-state index contributed by atoms with van der Waals surface area (Å²) >= 11 is 0. The third kappa shape index (κ3) is 2.94. The fourth-order valence-electron chi connectivity index (χ4n) is 2.15. The molecule has 112 valence electrons. The number of hydrogen-bond acceptors (Lipinski definition) is 3. The maximum absolute atomic E-state index is 12.6. The van der Waals surface area contributed by atoms with Gasteiger partial charge in [0.25, 0.3) is 0 Å². The molecule has 0 fully saturated rings. The highest BCUT2D eigenvalue weighted by atomic mass is 16.3. The SMILES string of the molecule is Cc1cccc(NC(=O)C(C)(C)c2cccc(C#N)c2)c1O. The maximum Gasteiger partial charge on any atom is 0.234 e. The van der Waals surface area contributed by atoms with Crippen LogP contribution in [0.25, 0.3) is 0 Å². The lowest BCUT2D eigenvalue weighted by Gasteiger charge is -2.24. The van der Waals surface area contributed by atoms with Crippen LogP contribution in [0.15, 0.2) is 42.5 Å². The molecule has 0 atom stereocenters. The number of para-hydroxylation sites is 1. The van der Waals surface area contributed by atoms with Gasteiger partial charge in [-0.15, -0.1) is 0 Å². The maximum atomic E-state index is 12.6. The lowest BCUT2D eigenvalue weighted by atomic mass is 9.83. The number of hydrogen-bond donors (Lipinski definition) is 2. The molecule has 4 nitrogen and oxygen atoms in total. The van der Waals surface area contributed by atoms with Gasteiger partial charge in [0, 0.05) is 0 Å². The smallest absolute Gasteiger partial charge is 0.234 e. The fourth-order valence-corrected chi connectivity index (χ4v) is 2.15. The summed E-state index contributed by atoms with van der Waals surface area (Å²) < 4.78 is 0. The minimum absolute atomic E-state index is 0.0671. The van der Waals surface area contributed by atoms with E-state index in [1.54, 1.807) is 57.2 Å². The van der Waals surface area contributed by atoms with Gasteiger partial charge in [-0.2, -0.15) is 5.26 Å². The zero-order valence-corrected chi connectivity index (χ0v) is 12.8. The quantitative estimate of drug-likeness (QED) is 0.851. The van der Waals surface area contributed by atoms with E-state index in [0.29, 0.717) is 16.8 Å². The Labute approximate surface area is 130 Å². The van der Waals surface area contributed by atoms with Gasteiger partial charge in [-0.1, -0.05) is 24.3 Å². The van der Waals surface area contributed by atoms with Crippen LogP contribution >= 0.6 is 0 Å². The van der Waals surface area contributed by atoms with Crippen LogP contribution in [0.4, 0.5) is 5.69 Å². The minimum atomic E-state index is -0.830. The van der Waals surface area contributed by atoms with E-state index >= 15 is 0 Å². The monoisotopic (exact) mass is 294 g/mol. The number of phenolic OH excluding ortho intramolecular Hbond substituents is 1.